The molecule has 2 nitrogen and oxygen atoms in total. The number of terminal acetylenes is 1. The van der Waals surface area contributed by atoms with E-state index in [9.17, 15) is 4.79 Å². The van der Waals surface area contributed by atoms with Crippen LogP contribution in [0.2, 0.25) is 0 Å². The summed E-state index contributed by atoms with van der Waals surface area (Å²) in [6, 6.07) is 7.80. The number of carbonyl (C=O) groups is 1. The van der Waals surface area contributed by atoms with Gasteiger partial charge in [-0.05, 0) is 13.0 Å². The van der Waals surface area contributed by atoms with Crippen molar-refractivity contribution in [1.82, 2.24) is 4.57 Å². The van der Waals surface area contributed by atoms with E-state index in [1.54, 1.807) is 0 Å². The molecule has 2 rings (SSSR count). The minimum Gasteiger partial charge on any atom is -0.333 e. The van der Waals surface area contributed by atoms with Crippen molar-refractivity contribution in [3.8, 4) is 12.3 Å². The molecule has 0 N–H and O–H groups in total. The molecule has 0 unspecified atom stereocenters. The van der Waals surface area contributed by atoms with Gasteiger partial charge in [0.25, 0.3) is 0 Å². The van der Waals surface area contributed by atoms with Crippen LogP contribution < -0.4 is 0 Å². The van der Waals surface area contributed by atoms with Crippen molar-refractivity contribution in [2.45, 2.75) is 13.5 Å². The van der Waals surface area contributed by atoms with Crippen LogP contribution in [0.4, 0.5) is 0 Å². The molecule has 2 aromatic rings. The first-order chi connectivity index (χ1) is 7.29. The van der Waals surface area contributed by atoms with Crippen molar-refractivity contribution in [2.24, 2.45) is 0 Å². The monoisotopic (exact) mass is 197 g/mol. The van der Waals surface area contributed by atoms with E-state index in [1.165, 1.54) is 0 Å². The second kappa shape index (κ2) is 3.62. The third kappa shape index (κ3) is 1.33. The van der Waals surface area contributed by atoms with Gasteiger partial charge in [0.15, 0.2) is 6.29 Å². The molecule has 1 heterocycles. The van der Waals surface area contributed by atoms with Crippen molar-refractivity contribution in [3.05, 3.63) is 35.5 Å². The Morgan fingerprint density at radius 2 is 2.20 bits per heavy atom. The number of aromatic nitrogens is 1. The fraction of sp³-hybridized carbons (Fsp3) is 0.154. The smallest absolute Gasteiger partial charge is 0.152 e. The predicted octanol–water partition coefficient (Wildman–Crippen LogP) is 2.40. The Morgan fingerprint density at radius 1 is 1.47 bits per heavy atom. The first-order valence-electron chi connectivity index (χ1n) is 4.76. The van der Waals surface area contributed by atoms with Crippen molar-refractivity contribution in [1.29, 1.82) is 0 Å². The van der Waals surface area contributed by atoms with Gasteiger partial charge >= 0.3 is 0 Å². The van der Waals surface area contributed by atoms with E-state index >= 15 is 0 Å². The molecule has 0 aliphatic heterocycles. The number of carbonyl (C=O) groups excluding carboxylic acids is 1. The van der Waals surface area contributed by atoms with Crippen molar-refractivity contribution in [3.63, 3.8) is 0 Å². The van der Waals surface area contributed by atoms with Gasteiger partial charge < -0.3 is 4.57 Å². The number of hydrogen-bond donors (Lipinski definition) is 0. The Bertz CT molecular complexity index is 558. The molecule has 74 valence electrons. The Balaban J connectivity index is 2.85. The average molecular weight is 197 g/mol. The molecule has 1 aromatic heterocycles. The van der Waals surface area contributed by atoms with Crippen LogP contribution in [0, 0.1) is 19.3 Å². The normalized spacial score (nSPS) is 10.1. The minimum atomic E-state index is 0.500. The second-order valence-corrected chi connectivity index (χ2v) is 3.42. The van der Waals surface area contributed by atoms with Gasteiger partial charge in [-0.2, -0.15) is 0 Å². The van der Waals surface area contributed by atoms with Crippen molar-refractivity contribution in [2.75, 3.05) is 0 Å². The lowest BCUT2D eigenvalue weighted by atomic mass is 10.1. The van der Waals surface area contributed by atoms with Crippen LogP contribution in [0.15, 0.2) is 24.3 Å². The quantitative estimate of drug-likeness (QED) is 0.535. The molecule has 0 saturated heterocycles. The molecule has 0 saturated carbocycles. The van der Waals surface area contributed by atoms with Gasteiger partial charge in [-0.25, -0.2) is 0 Å². The Kier molecular flexibility index (Phi) is 2.31. The molecule has 0 amide bonds. The fourth-order valence-electron chi connectivity index (χ4n) is 1.90. The highest BCUT2D eigenvalue weighted by molar-refractivity contribution is 5.99. The maximum Gasteiger partial charge on any atom is 0.152 e. The molecular weight excluding hydrogens is 186 g/mol. The zero-order valence-corrected chi connectivity index (χ0v) is 8.53. The number of benzene rings is 1. The Hall–Kier alpha value is -2.01. The molecule has 0 spiro atoms. The Labute approximate surface area is 88.5 Å². The maximum atomic E-state index is 11.0. The summed E-state index contributed by atoms with van der Waals surface area (Å²) in [7, 11) is 0. The summed E-state index contributed by atoms with van der Waals surface area (Å²) in [5.74, 6) is 2.60. The molecule has 2 heteroatoms. The topological polar surface area (TPSA) is 22.0 Å². The third-order valence-electron chi connectivity index (χ3n) is 2.65. The lowest BCUT2D eigenvalue weighted by Crippen LogP contribution is -1.98. The van der Waals surface area contributed by atoms with Crippen LogP contribution in [-0.4, -0.2) is 10.9 Å². The van der Waals surface area contributed by atoms with Crippen LogP contribution in [0.25, 0.3) is 10.9 Å². The van der Waals surface area contributed by atoms with Crippen LogP contribution in [-0.2, 0) is 6.54 Å². The summed E-state index contributed by atoms with van der Waals surface area (Å²) >= 11 is 0. The first kappa shape index (κ1) is 9.54. The zero-order chi connectivity index (χ0) is 10.8. The SMILES string of the molecule is C#CCn1c(C)c(C=O)c2ccccc21. The summed E-state index contributed by atoms with van der Waals surface area (Å²) in [4.78, 5) is 11.0. The van der Waals surface area contributed by atoms with Crippen molar-refractivity contribution < 1.29 is 4.79 Å². The Morgan fingerprint density at radius 3 is 2.87 bits per heavy atom. The second-order valence-electron chi connectivity index (χ2n) is 3.42. The minimum absolute atomic E-state index is 0.500. The summed E-state index contributed by atoms with van der Waals surface area (Å²) < 4.78 is 1.99. The van der Waals surface area contributed by atoms with E-state index < -0.39 is 0 Å². The van der Waals surface area contributed by atoms with Crippen LogP contribution >= 0.6 is 0 Å². The van der Waals surface area contributed by atoms with Gasteiger partial charge in [0.1, 0.15) is 0 Å². The fourth-order valence-corrected chi connectivity index (χ4v) is 1.90. The lowest BCUT2D eigenvalue weighted by molar-refractivity contribution is 0.112. The highest BCUT2D eigenvalue weighted by Crippen LogP contribution is 2.23. The first-order valence-corrected chi connectivity index (χ1v) is 4.76. The average Bonchev–Trinajstić information content (AvgIpc) is 2.53. The molecule has 0 atom stereocenters. The van der Waals surface area contributed by atoms with Crippen LogP contribution in [0.5, 0.6) is 0 Å². The highest BCUT2D eigenvalue weighted by Gasteiger charge is 2.11. The highest BCUT2D eigenvalue weighted by atomic mass is 16.1. The number of rotatable bonds is 2. The standard InChI is InChI=1S/C13H11NO/c1-3-8-14-10(2)12(9-15)11-6-4-5-7-13(11)14/h1,4-7,9H,8H2,2H3. The van der Waals surface area contributed by atoms with E-state index in [4.69, 9.17) is 6.42 Å². The molecule has 0 fully saturated rings. The van der Waals surface area contributed by atoms with Gasteiger partial charge in [-0.1, -0.05) is 24.1 Å². The van der Waals surface area contributed by atoms with Crippen LogP contribution in [0.1, 0.15) is 16.1 Å². The van der Waals surface area contributed by atoms with Crippen LogP contribution in [0.3, 0.4) is 0 Å². The number of para-hydroxylation sites is 1. The molecule has 0 aliphatic carbocycles. The summed E-state index contributed by atoms with van der Waals surface area (Å²) in [6.45, 7) is 2.42. The number of hydrogen-bond acceptors (Lipinski definition) is 1. The largest absolute Gasteiger partial charge is 0.333 e. The molecule has 15 heavy (non-hydrogen) atoms. The molecule has 0 radical (unpaired) electrons. The number of fused-ring (bicyclic) bond motifs is 1. The molecule has 1 aromatic carbocycles. The van der Waals surface area contributed by atoms with Gasteiger partial charge in [-0.15, -0.1) is 6.42 Å². The number of aldehydes is 1. The molecule has 0 bridgehead atoms. The summed E-state index contributed by atoms with van der Waals surface area (Å²) in [5, 5.41) is 0.972. The van der Waals surface area contributed by atoms with E-state index in [0.717, 1.165) is 28.4 Å². The molecule has 0 aliphatic rings. The number of nitrogens with zero attached hydrogens (tertiary/aromatic N) is 1. The van der Waals surface area contributed by atoms with E-state index in [-0.39, 0.29) is 0 Å². The summed E-state index contributed by atoms with van der Waals surface area (Å²) in [6.07, 6.45) is 6.21. The van der Waals surface area contributed by atoms with Gasteiger partial charge in [0.2, 0.25) is 0 Å². The van der Waals surface area contributed by atoms with E-state index in [0.29, 0.717) is 6.54 Å². The zero-order valence-electron chi connectivity index (χ0n) is 8.53. The third-order valence-corrected chi connectivity index (χ3v) is 2.65. The van der Waals surface area contributed by atoms with Gasteiger partial charge in [-0.3, -0.25) is 4.79 Å². The summed E-state index contributed by atoms with van der Waals surface area (Å²) in [5.41, 5.74) is 2.69. The lowest BCUT2D eigenvalue weighted by Gasteiger charge is -2.02. The van der Waals surface area contributed by atoms with Gasteiger partial charge in [0.05, 0.1) is 6.54 Å². The van der Waals surface area contributed by atoms with E-state index in [2.05, 4.69) is 5.92 Å². The van der Waals surface area contributed by atoms with E-state index in [1.807, 2.05) is 35.8 Å². The van der Waals surface area contributed by atoms with Gasteiger partial charge in [0, 0.05) is 22.2 Å². The predicted molar refractivity (Wildman–Crippen MR) is 60.9 cm³/mol. The van der Waals surface area contributed by atoms with Crippen molar-refractivity contribution >= 4 is 17.2 Å². The molecular formula is C13H11NO. The maximum absolute atomic E-state index is 11.0.